The minimum atomic E-state index is -1.40. The van der Waals surface area contributed by atoms with Crippen molar-refractivity contribution in [2.24, 2.45) is 10.2 Å². The van der Waals surface area contributed by atoms with Crippen molar-refractivity contribution < 1.29 is 19.7 Å². The van der Waals surface area contributed by atoms with Crippen molar-refractivity contribution in [1.29, 1.82) is 0 Å². The Morgan fingerprint density at radius 2 is 1.92 bits per heavy atom. The monoisotopic (exact) mass is 368 g/mol. The fraction of sp³-hybridized carbons (Fsp3) is 0.583. The maximum absolute atomic E-state index is 12.5. The first-order valence-corrected chi connectivity index (χ1v) is 7.18. The predicted octanol–water partition coefficient (Wildman–Crippen LogP) is -0.100. The second kappa shape index (κ2) is 9.86. The van der Waals surface area contributed by atoms with Crippen LogP contribution in [0.1, 0.15) is 11.8 Å². The van der Waals surface area contributed by atoms with Crippen LogP contribution < -0.4 is 11.2 Å². The van der Waals surface area contributed by atoms with E-state index in [4.69, 9.17) is 20.9 Å². The van der Waals surface area contributed by atoms with Crippen molar-refractivity contribution in [1.82, 2.24) is 9.13 Å². The Bertz CT molecular complexity index is 863. The number of aliphatic carboxylic acids is 1. The summed E-state index contributed by atoms with van der Waals surface area (Å²) in [5, 5.41) is 24.7. The van der Waals surface area contributed by atoms with Crippen LogP contribution in [-0.4, -0.2) is 51.1 Å². The zero-order chi connectivity index (χ0) is 19.7. The fourth-order valence-corrected chi connectivity index (χ4v) is 2.04. The van der Waals surface area contributed by atoms with Crippen molar-refractivity contribution in [3.05, 3.63) is 53.5 Å². The van der Waals surface area contributed by atoms with E-state index in [0.29, 0.717) is 4.57 Å². The molecule has 0 bridgehead atoms. The van der Waals surface area contributed by atoms with E-state index in [1.54, 1.807) is 0 Å². The van der Waals surface area contributed by atoms with Gasteiger partial charge in [-0.1, -0.05) is 10.2 Å². The number of aliphatic hydroxyl groups excluding tert-OH is 1. The molecule has 0 aliphatic carbocycles. The molecule has 14 heteroatoms. The number of aromatic nitrogens is 2. The third kappa shape index (κ3) is 5.36. The van der Waals surface area contributed by atoms with Crippen LogP contribution >= 0.6 is 0 Å². The number of hydrogen-bond donors (Lipinski definition) is 2. The van der Waals surface area contributed by atoms with Crippen LogP contribution in [0.25, 0.3) is 20.9 Å². The summed E-state index contributed by atoms with van der Waals surface area (Å²) in [6.07, 6.45) is -1.15. The molecular weight excluding hydrogens is 352 g/mol. The van der Waals surface area contributed by atoms with E-state index in [1.807, 2.05) is 0 Å². The molecule has 0 saturated heterocycles. The summed E-state index contributed by atoms with van der Waals surface area (Å²) in [5.41, 5.74) is 15.1. The summed E-state index contributed by atoms with van der Waals surface area (Å²) in [6.45, 7) is -0.717. The number of aryl methyl sites for hydroxylation is 1. The molecule has 1 rings (SSSR count). The molecule has 0 radical (unpaired) electrons. The Kier molecular flexibility index (Phi) is 7.86. The molecule has 1 heterocycles. The first-order chi connectivity index (χ1) is 12.3. The molecule has 0 aromatic carbocycles. The van der Waals surface area contributed by atoms with Gasteiger partial charge in [-0.15, -0.1) is 0 Å². The zero-order valence-corrected chi connectivity index (χ0v) is 13.7. The Hall–Kier alpha value is -3.31. The minimum Gasteiger partial charge on any atom is -0.480 e. The molecule has 0 aliphatic heterocycles. The third-order valence-electron chi connectivity index (χ3n) is 3.17. The maximum Gasteiger partial charge on any atom is 0.333 e. The first-order valence-electron chi connectivity index (χ1n) is 7.18. The van der Waals surface area contributed by atoms with Crippen LogP contribution in [0.4, 0.5) is 0 Å². The average Bonchev–Trinajstić information content (AvgIpc) is 2.61. The Balaban J connectivity index is 3.41. The highest BCUT2D eigenvalue weighted by molar-refractivity contribution is 5.66. The topological polar surface area (TPSA) is 208 Å². The molecule has 0 amide bonds. The second-order valence-electron chi connectivity index (χ2n) is 5.01. The summed E-state index contributed by atoms with van der Waals surface area (Å²) in [4.78, 5) is 40.5. The fourth-order valence-electron chi connectivity index (χ4n) is 2.04. The Morgan fingerprint density at radius 3 is 2.46 bits per heavy atom. The summed E-state index contributed by atoms with van der Waals surface area (Å²) >= 11 is 0. The quantitative estimate of drug-likeness (QED) is 0.327. The Morgan fingerprint density at radius 1 is 1.31 bits per heavy atom. The van der Waals surface area contributed by atoms with Gasteiger partial charge in [0.1, 0.15) is 12.8 Å². The standard InChI is InChI=1S/C12H16N8O6/c1-7-4-19(12(25)20(11(7)24)5-10(22)23)9(3-16-18-14)26-8(6-21)2-15-17-13/h4,8-9,21H,2-3,5-6H2,1H3,(H,22,23)/t8-,9+/m0/s1. The molecular formula is C12H16N8O6. The van der Waals surface area contributed by atoms with Gasteiger partial charge < -0.3 is 14.9 Å². The largest absolute Gasteiger partial charge is 0.480 e. The summed E-state index contributed by atoms with van der Waals surface area (Å²) < 4.78 is 6.82. The lowest BCUT2D eigenvalue weighted by Crippen LogP contribution is -2.45. The minimum absolute atomic E-state index is 0.0518. The number of azide groups is 2. The third-order valence-corrected chi connectivity index (χ3v) is 3.17. The molecule has 1 aromatic heterocycles. The van der Waals surface area contributed by atoms with E-state index in [1.165, 1.54) is 6.92 Å². The number of aliphatic hydroxyl groups is 1. The number of ether oxygens (including phenoxy) is 1. The molecule has 0 spiro atoms. The van der Waals surface area contributed by atoms with Gasteiger partial charge in [0.2, 0.25) is 0 Å². The van der Waals surface area contributed by atoms with Crippen molar-refractivity contribution in [2.45, 2.75) is 25.8 Å². The smallest absolute Gasteiger partial charge is 0.333 e. The molecule has 2 N–H and O–H groups in total. The van der Waals surface area contributed by atoms with E-state index in [0.717, 1.165) is 10.8 Å². The van der Waals surface area contributed by atoms with E-state index in [-0.39, 0.29) is 12.1 Å². The van der Waals surface area contributed by atoms with Crippen molar-refractivity contribution in [3.8, 4) is 0 Å². The average molecular weight is 368 g/mol. The highest BCUT2D eigenvalue weighted by atomic mass is 16.5. The molecule has 26 heavy (non-hydrogen) atoms. The highest BCUT2D eigenvalue weighted by Gasteiger charge is 2.21. The lowest BCUT2D eigenvalue weighted by atomic mass is 10.3. The number of carbonyl (C=O) groups is 1. The normalized spacial score (nSPS) is 12.5. The predicted molar refractivity (Wildman–Crippen MR) is 86.4 cm³/mol. The Labute approximate surface area is 145 Å². The van der Waals surface area contributed by atoms with E-state index in [9.17, 15) is 19.5 Å². The van der Waals surface area contributed by atoms with E-state index < -0.39 is 49.2 Å². The molecule has 0 saturated carbocycles. The van der Waals surface area contributed by atoms with Crippen LogP contribution in [0.3, 0.4) is 0 Å². The first kappa shape index (κ1) is 20.7. The van der Waals surface area contributed by atoms with Crippen LogP contribution in [0.15, 0.2) is 26.0 Å². The van der Waals surface area contributed by atoms with Crippen LogP contribution in [0.2, 0.25) is 0 Å². The number of hydrogen-bond acceptors (Lipinski definition) is 7. The maximum atomic E-state index is 12.5. The van der Waals surface area contributed by atoms with Crippen molar-refractivity contribution in [3.63, 3.8) is 0 Å². The van der Waals surface area contributed by atoms with Crippen molar-refractivity contribution in [2.75, 3.05) is 19.7 Å². The van der Waals surface area contributed by atoms with Gasteiger partial charge >= 0.3 is 11.7 Å². The molecule has 14 nitrogen and oxygen atoms in total. The van der Waals surface area contributed by atoms with Crippen LogP contribution in [-0.2, 0) is 16.1 Å². The number of carboxylic acids is 1. The highest BCUT2D eigenvalue weighted by Crippen LogP contribution is 2.11. The summed E-state index contributed by atoms with van der Waals surface area (Å²) in [5.74, 6) is -1.40. The van der Waals surface area contributed by atoms with Crippen LogP contribution in [0.5, 0.6) is 0 Å². The van der Waals surface area contributed by atoms with Gasteiger partial charge in [0.05, 0.1) is 25.8 Å². The number of carboxylic acid groups (broad SMARTS) is 1. The van der Waals surface area contributed by atoms with Gasteiger partial charge in [0, 0.05) is 21.6 Å². The van der Waals surface area contributed by atoms with E-state index >= 15 is 0 Å². The lowest BCUT2D eigenvalue weighted by molar-refractivity contribution is -0.137. The van der Waals surface area contributed by atoms with Crippen LogP contribution in [0, 0.1) is 6.92 Å². The summed E-state index contributed by atoms with van der Waals surface area (Å²) in [7, 11) is 0. The SMILES string of the molecule is Cc1cn([C@@H](CN=[N+]=[N-])O[C@H](CO)CN=[N+]=[N-])c(=O)n(CC(=O)O)c1=O. The van der Waals surface area contributed by atoms with Gasteiger partial charge in [-0.25, -0.2) is 9.36 Å². The van der Waals surface area contributed by atoms with E-state index in [2.05, 4.69) is 20.1 Å². The molecule has 0 aliphatic rings. The second-order valence-corrected chi connectivity index (χ2v) is 5.01. The molecule has 0 unspecified atom stereocenters. The zero-order valence-electron chi connectivity index (χ0n) is 13.7. The van der Waals surface area contributed by atoms with Crippen molar-refractivity contribution >= 4 is 5.97 Å². The number of nitrogens with zero attached hydrogens (tertiary/aromatic N) is 8. The van der Waals surface area contributed by atoms with Gasteiger partial charge in [-0.2, -0.15) is 0 Å². The molecule has 2 atom stereocenters. The molecule has 140 valence electrons. The summed E-state index contributed by atoms with van der Waals surface area (Å²) in [6, 6.07) is 0. The molecule has 0 fully saturated rings. The van der Waals surface area contributed by atoms with Gasteiger partial charge in [0.25, 0.3) is 5.56 Å². The lowest BCUT2D eigenvalue weighted by Gasteiger charge is -2.24. The van der Waals surface area contributed by atoms with Gasteiger partial charge in [0.15, 0.2) is 0 Å². The van der Waals surface area contributed by atoms with Gasteiger partial charge in [-0.3, -0.25) is 14.2 Å². The molecule has 1 aromatic rings. The number of rotatable bonds is 10. The van der Waals surface area contributed by atoms with Gasteiger partial charge in [-0.05, 0) is 18.0 Å².